The van der Waals surface area contributed by atoms with Gasteiger partial charge in [-0.1, -0.05) is 6.08 Å². The summed E-state index contributed by atoms with van der Waals surface area (Å²) in [5.41, 5.74) is 2.59. The topological polar surface area (TPSA) is 6.48 Å². The van der Waals surface area contributed by atoms with Crippen LogP contribution in [0.5, 0.6) is 0 Å². The lowest BCUT2D eigenvalue weighted by Crippen LogP contribution is -2.18. The molecule has 0 saturated carbocycles. The Morgan fingerprint density at radius 1 is 1.00 bits per heavy atom. The number of hydrogen-bond acceptors (Lipinski definition) is 2. The maximum absolute atomic E-state index is 2.23. The van der Waals surface area contributed by atoms with Gasteiger partial charge in [0.25, 0.3) is 0 Å². The van der Waals surface area contributed by atoms with Crippen LogP contribution in [0.2, 0.25) is 0 Å². The molecule has 12 heavy (non-hydrogen) atoms. The van der Waals surface area contributed by atoms with E-state index in [0.29, 0.717) is 0 Å². The van der Waals surface area contributed by atoms with Crippen molar-refractivity contribution in [2.45, 2.75) is 6.42 Å². The van der Waals surface area contributed by atoms with Crippen LogP contribution in [-0.2, 0) is 0 Å². The molecule has 0 aromatic rings. The van der Waals surface area contributed by atoms with Gasteiger partial charge in [-0.25, -0.2) is 0 Å². The highest BCUT2D eigenvalue weighted by molar-refractivity contribution is 5.31. The van der Waals surface area contributed by atoms with Crippen LogP contribution >= 0.6 is 0 Å². The zero-order chi connectivity index (χ0) is 9.14. The van der Waals surface area contributed by atoms with E-state index in [2.05, 4.69) is 56.6 Å². The summed E-state index contributed by atoms with van der Waals surface area (Å²) in [6.45, 7) is 0. The van der Waals surface area contributed by atoms with Crippen molar-refractivity contribution in [3.05, 3.63) is 30.0 Å². The van der Waals surface area contributed by atoms with E-state index in [4.69, 9.17) is 0 Å². The molecule has 0 aromatic carbocycles. The zero-order valence-corrected chi connectivity index (χ0v) is 8.33. The van der Waals surface area contributed by atoms with Crippen LogP contribution in [0.25, 0.3) is 0 Å². The molecule has 0 atom stereocenters. The van der Waals surface area contributed by atoms with E-state index in [0.717, 1.165) is 6.42 Å². The first-order valence-corrected chi connectivity index (χ1v) is 4.21. The van der Waals surface area contributed by atoms with Crippen LogP contribution in [0.1, 0.15) is 6.42 Å². The van der Waals surface area contributed by atoms with E-state index in [1.54, 1.807) is 0 Å². The van der Waals surface area contributed by atoms with Gasteiger partial charge in [-0.2, -0.15) is 0 Å². The highest BCUT2D eigenvalue weighted by Crippen LogP contribution is 2.18. The summed E-state index contributed by atoms with van der Waals surface area (Å²) in [5.74, 6) is 0. The molecule has 0 unspecified atom stereocenters. The van der Waals surface area contributed by atoms with Gasteiger partial charge in [0.2, 0.25) is 0 Å². The maximum Gasteiger partial charge on any atom is 0.0338 e. The molecule has 1 aliphatic rings. The van der Waals surface area contributed by atoms with E-state index >= 15 is 0 Å². The predicted molar refractivity (Wildman–Crippen MR) is 52.5 cm³/mol. The standard InChI is InChI=1S/C10H17N2/c1-11(2)9-6-5-7-10(8-9)12(3)4/h6-8H,5H2,1-4H3. The molecule has 1 rings (SSSR count). The zero-order valence-electron chi connectivity index (χ0n) is 8.33. The third-order valence-electron chi connectivity index (χ3n) is 1.98. The highest BCUT2D eigenvalue weighted by atomic mass is 15.1. The van der Waals surface area contributed by atoms with Crippen LogP contribution < -0.4 is 0 Å². The Labute approximate surface area is 75.2 Å². The van der Waals surface area contributed by atoms with Crippen LogP contribution in [0.3, 0.4) is 0 Å². The fourth-order valence-corrected chi connectivity index (χ4v) is 1.19. The van der Waals surface area contributed by atoms with Gasteiger partial charge in [0.1, 0.15) is 0 Å². The SMILES string of the molecule is CN(C)C1=CC(N(C)C)=CC[CH]1. The molecule has 0 aliphatic heterocycles. The van der Waals surface area contributed by atoms with Crippen LogP contribution in [0.15, 0.2) is 23.5 Å². The quantitative estimate of drug-likeness (QED) is 0.611. The number of nitrogens with zero attached hydrogens (tertiary/aromatic N) is 2. The minimum Gasteiger partial charge on any atom is -0.381 e. The van der Waals surface area contributed by atoms with Gasteiger partial charge in [-0.3, -0.25) is 0 Å². The van der Waals surface area contributed by atoms with Crippen molar-refractivity contribution in [2.75, 3.05) is 28.2 Å². The molecule has 0 spiro atoms. The van der Waals surface area contributed by atoms with Gasteiger partial charge in [-0.05, 0) is 12.5 Å². The minimum atomic E-state index is 1.04. The predicted octanol–water partition coefficient (Wildman–Crippen LogP) is 1.49. The van der Waals surface area contributed by atoms with Crippen molar-refractivity contribution in [3.8, 4) is 0 Å². The molecule has 0 bridgehead atoms. The van der Waals surface area contributed by atoms with Gasteiger partial charge in [-0.15, -0.1) is 0 Å². The average molecular weight is 165 g/mol. The monoisotopic (exact) mass is 165 g/mol. The molecule has 0 aromatic heterocycles. The number of likely N-dealkylation sites (N-methyl/N-ethyl adjacent to an activating group) is 1. The van der Waals surface area contributed by atoms with E-state index in [1.165, 1.54) is 11.4 Å². The third kappa shape index (κ3) is 2.03. The second kappa shape index (κ2) is 3.65. The third-order valence-corrected chi connectivity index (χ3v) is 1.98. The summed E-state index contributed by atoms with van der Waals surface area (Å²) >= 11 is 0. The highest BCUT2D eigenvalue weighted by Gasteiger charge is 2.07. The Morgan fingerprint density at radius 3 is 2.08 bits per heavy atom. The van der Waals surface area contributed by atoms with E-state index in [1.807, 2.05) is 0 Å². The lowest BCUT2D eigenvalue weighted by Gasteiger charge is -2.23. The van der Waals surface area contributed by atoms with Crippen molar-refractivity contribution in [3.63, 3.8) is 0 Å². The molecule has 0 N–H and O–H groups in total. The molecule has 67 valence electrons. The normalized spacial score (nSPS) is 16.7. The number of allylic oxidation sites excluding steroid dienone is 3. The Kier molecular flexibility index (Phi) is 2.79. The van der Waals surface area contributed by atoms with E-state index in [9.17, 15) is 0 Å². The van der Waals surface area contributed by atoms with Crippen LogP contribution in [0.4, 0.5) is 0 Å². The largest absolute Gasteiger partial charge is 0.381 e. The molecule has 1 radical (unpaired) electrons. The summed E-state index contributed by atoms with van der Waals surface area (Å²) in [4.78, 5) is 4.27. The first-order chi connectivity index (χ1) is 5.61. The average Bonchev–Trinajstić information content (AvgIpc) is 2.04. The maximum atomic E-state index is 2.23. The molecular formula is C10H17N2. The molecule has 2 nitrogen and oxygen atoms in total. The van der Waals surface area contributed by atoms with Gasteiger partial charge in [0, 0.05) is 46.0 Å². The molecule has 0 amide bonds. The van der Waals surface area contributed by atoms with Crippen LogP contribution in [0, 0.1) is 6.42 Å². The van der Waals surface area contributed by atoms with E-state index < -0.39 is 0 Å². The van der Waals surface area contributed by atoms with E-state index in [-0.39, 0.29) is 0 Å². The summed E-state index contributed by atoms with van der Waals surface area (Å²) < 4.78 is 0. The van der Waals surface area contributed by atoms with Gasteiger partial charge in [0.05, 0.1) is 0 Å². The second-order valence-corrected chi connectivity index (χ2v) is 3.43. The molecule has 0 fully saturated rings. The second-order valence-electron chi connectivity index (χ2n) is 3.43. The van der Waals surface area contributed by atoms with Crippen molar-refractivity contribution < 1.29 is 0 Å². The van der Waals surface area contributed by atoms with Gasteiger partial charge < -0.3 is 9.80 Å². The Balaban J connectivity index is 2.74. The van der Waals surface area contributed by atoms with Crippen molar-refractivity contribution in [1.29, 1.82) is 0 Å². The first kappa shape index (κ1) is 9.17. The fraction of sp³-hybridized carbons (Fsp3) is 0.500. The summed E-state index contributed by atoms with van der Waals surface area (Å²) in [6.07, 6.45) is 7.70. The lowest BCUT2D eigenvalue weighted by molar-refractivity contribution is 0.489. The molecule has 0 heterocycles. The molecular weight excluding hydrogens is 148 g/mol. The summed E-state index contributed by atoms with van der Waals surface area (Å²) in [7, 11) is 8.28. The Hall–Kier alpha value is -0.920. The van der Waals surface area contributed by atoms with Crippen molar-refractivity contribution in [1.82, 2.24) is 9.80 Å². The number of rotatable bonds is 2. The Bertz CT molecular complexity index is 212. The molecule has 1 aliphatic carbocycles. The summed E-state index contributed by atoms with van der Waals surface area (Å²) in [6, 6.07) is 0. The Morgan fingerprint density at radius 2 is 1.58 bits per heavy atom. The summed E-state index contributed by atoms with van der Waals surface area (Å²) in [5, 5.41) is 0. The van der Waals surface area contributed by atoms with Crippen molar-refractivity contribution >= 4 is 0 Å². The van der Waals surface area contributed by atoms with Crippen molar-refractivity contribution in [2.24, 2.45) is 0 Å². The smallest absolute Gasteiger partial charge is 0.0338 e. The molecule has 2 heteroatoms. The fourth-order valence-electron chi connectivity index (χ4n) is 1.19. The first-order valence-electron chi connectivity index (χ1n) is 4.21. The minimum absolute atomic E-state index is 1.04. The number of hydrogen-bond donors (Lipinski definition) is 0. The van der Waals surface area contributed by atoms with Gasteiger partial charge in [0.15, 0.2) is 0 Å². The molecule has 0 saturated heterocycles. The lowest BCUT2D eigenvalue weighted by atomic mass is 10.1. The van der Waals surface area contributed by atoms with Crippen LogP contribution in [-0.4, -0.2) is 38.0 Å². The van der Waals surface area contributed by atoms with Gasteiger partial charge >= 0.3 is 0 Å².